The van der Waals surface area contributed by atoms with Gasteiger partial charge in [0, 0.05) is 12.8 Å². The van der Waals surface area contributed by atoms with Crippen LogP contribution in [0, 0.1) is 0 Å². The number of hydrogen-bond acceptors (Lipinski definition) is 6. The molecule has 3 rings (SSSR count). The number of carboxylic acids is 1. The Morgan fingerprint density at radius 2 is 1.57 bits per heavy atom. The molecule has 3 unspecified atom stereocenters. The quantitative estimate of drug-likeness (QED) is 0.265. The molecule has 1 fully saturated rings. The van der Waals surface area contributed by atoms with Crippen LogP contribution in [0.5, 0.6) is 5.75 Å². The average molecular weight is 483 g/mol. The molecule has 0 aliphatic carbocycles. The summed E-state index contributed by atoms with van der Waals surface area (Å²) in [5, 5.41) is 29.8. The van der Waals surface area contributed by atoms with Gasteiger partial charge in [-0.25, -0.2) is 4.79 Å². The molecule has 10 nitrogen and oxygen atoms in total. The van der Waals surface area contributed by atoms with Crippen molar-refractivity contribution in [2.45, 2.75) is 43.8 Å². The summed E-state index contributed by atoms with van der Waals surface area (Å²) in [7, 11) is 0. The fraction of sp³-hybridized carbons (Fsp3) is 0.360. The Bertz CT molecular complexity index is 1020. The summed E-state index contributed by atoms with van der Waals surface area (Å²) in [4.78, 5) is 49.6. The lowest BCUT2D eigenvalue weighted by Gasteiger charge is -2.22. The van der Waals surface area contributed by atoms with Crippen LogP contribution in [0.1, 0.15) is 24.0 Å². The Kier molecular flexibility index (Phi) is 9.19. The molecule has 0 radical (unpaired) electrons. The first-order valence-corrected chi connectivity index (χ1v) is 11.5. The average Bonchev–Trinajstić information content (AvgIpc) is 3.39. The van der Waals surface area contributed by atoms with E-state index in [2.05, 4.69) is 21.3 Å². The van der Waals surface area contributed by atoms with E-state index in [0.717, 1.165) is 18.5 Å². The normalized spacial score (nSPS) is 16.6. The summed E-state index contributed by atoms with van der Waals surface area (Å²) < 4.78 is 0. The third-order valence-electron chi connectivity index (χ3n) is 5.73. The maximum atomic E-state index is 13.1. The van der Waals surface area contributed by atoms with Crippen LogP contribution >= 0.6 is 0 Å². The van der Waals surface area contributed by atoms with Gasteiger partial charge in [0.15, 0.2) is 0 Å². The zero-order chi connectivity index (χ0) is 25.2. The maximum Gasteiger partial charge on any atom is 0.326 e. The van der Waals surface area contributed by atoms with E-state index in [-0.39, 0.29) is 37.1 Å². The summed E-state index contributed by atoms with van der Waals surface area (Å²) in [6, 6.07) is 12.4. The van der Waals surface area contributed by atoms with Crippen LogP contribution in [0.4, 0.5) is 0 Å². The molecule has 3 atom stereocenters. The highest BCUT2D eigenvalue weighted by Gasteiger charge is 2.28. The minimum absolute atomic E-state index is 0.00218. The molecule has 186 valence electrons. The van der Waals surface area contributed by atoms with Crippen LogP contribution in [-0.2, 0) is 32.0 Å². The van der Waals surface area contributed by atoms with Gasteiger partial charge in [-0.1, -0.05) is 42.5 Å². The van der Waals surface area contributed by atoms with Gasteiger partial charge in [-0.3, -0.25) is 14.4 Å². The highest BCUT2D eigenvalue weighted by Crippen LogP contribution is 2.12. The van der Waals surface area contributed by atoms with E-state index in [0.29, 0.717) is 12.0 Å². The number of phenols is 1. The zero-order valence-corrected chi connectivity index (χ0v) is 19.2. The second kappa shape index (κ2) is 12.5. The minimum Gasteiger partial charge on any atom is -0.508 e. The number of carboxylic acid groups (broad SMARTS) is 1. The summed E-state index contributed by atoms with van der Waals surface area (Å²) in [5.74, 6) is -2.67. The van der Waals surface area contributed by atoms with Crippen molar-refractivity contribution >= 4 is 23.7 Å². The number of amides is 3. The Morgan fingerprint density at radius 3 is 2.20 bits per heavy atom. The van der Waals surface area contributed by atoms with E-state index in [9.17, 15) is 29.4 Å². The Labute approximate surface area is 203 Å². The minimum atomic E-state index is -1.24. The molecule has 0 spiro atoms. The van der Waals surface area contributed by atoms with Gasteiger partial charge in [-0.15, -0.1) is 0 Å². The first-order chi connectivity index (χ1) is 16.8. The van der Waals surface area contributed by atoms with Crippen molar-refractivity contribution in [3.63, 3.8) is 0 Å². The molecule has 2 aromatic carbocycles. The second-order valence-electron chi connectivity index (χ2n) is 8.45. The van der Waals surface area contributed by atoms with Gasteiger partial charge >= 0.3 is 5.97 Å². The van der Waals surface area contributed by atoms with E-state index < -0.39 is 29.9 Å². The predicted octanol–water partition coefficient (Wildman–Crippen LogP) is 0.0998. The van der Waals surface area contributed by atoms with Crippen molar-refractivity contribution < 1.29 is 29.4 Å². The smallest absolute Gasteiger partial charge is 0.326 e. The van der Waals surface area contributed by atoms with Crippen LogP contribution in [0.2, 0.25) is 0 Å². The van der Waals surface area contributed by atoms with E-state index in [1.807, 2.05) is 6.07 Å². The number of carbonyl (C=O) groups excluding carboxylic acids is 3. The van der Waals surface area contributed by atoms with Crippen molar-refractivity contribution in [2.24, 2.45) is 0 Å². The number of aromatic hydroxyl groups is 1. The van der Waals surface area contributed by atoms with Gasteiger partial charge in [0.25, 0.3) is 0 Å². The predicted molar refractivity (Wildman–Crippen MR) is 127 cm³/mol. The molecular formula is C25H30N4O6. The van der Waals surface area contributed by atoms with Gasteiger partial charge < -0.3 is 31.5 Å². The van der Waals surface area contributed by atoms with Crippen molar-refractivity contribution in [2.75, 3.05) is 13.1 Å². The molecular weight excluding hydrogens is 452 g/mol. The molecule has 1 aliphatic rings. The molecule has 1 aliphatic heterocycles. The Hall–Kier alpha value is -3.92. The molecule has 0 saturated carbocycles. The number of benzene rings is 2. The fourth-order valence-electron chi connectivity index (χ4n) is 3.84. The number of phenolic OH excluding ortho intramolecular Hbond substituents is 1. The highest BCUT2D eigenvalue weighted by atomic mass is 16.4. The van der Waals surface area contributed by atoms with Crippen LogP contribution in [0.25, 0.3) is 0 Å². The third kappa shape index (κ3) is 8.11. The summed E-state index contributed by atoms with van der Waals surface area (Å²) in [6.07, 6.45) is 1.72. The standard InChI is InChI=1S/C25H30N4O6/c30-18-10-8-17(9-11-18)14-21(25(34)35)29-24(33)20(13-16-5-2-1-3-6-16)28-22(31)15-27-23(32)19-7-4-12-26-19/h1-3,5-6,8-11,19-21,26,30H,4,7,12-15H2,(H,27,32)(H,28,31)(H,29,33)(H,34,35). The van der Waals surface area contributed by atoms with E-state index in [1.165, 1.54) is 12.1 Å². The number of nitrogens with one attached hydrogen (secondary N) is 4. The van der Waals surface area contributed by atoms with Crippen molar-refractivity contribution in [1.82, 2.24) is 21.3 Å². The molecule has 0 bridgehead atoms. The first kappa shape index (κ1) is 25.7. The molecule has 1 heterocycles. The van der Waals surface area contributed by atoms with Gasteiger partial charge in [0.2, 0.25) is 17.7 Å². The van der Waals surface area contributed by atoms with Crippen LogP contribution in [-0.4, -0.2) is 65.1 Å². The third-order valence-corrected chi connectivity index (χ3v) is 5.73. The van der Waals surface area contributed by atoms with E-state index in [1.54, 1.807) is 36.4 Å². The molecule has 2 aromatic rings. The summed E-state index contributed by atoms with van der Waals surface area (Å²) in [5.41, 5.74) is 1.39. The Morgan fingerprint density at radius 1 is 0.914 bits per heavy atom. The molecule has 10 heteroatoms. The van der Waals surface area contributed by atoms with Crippen LogP contribution in [0.15, 0.2) is 54.6 Å². The lowest BCUT2D eigenvalue weighted by molar-refractivity contribution is -0.142. The number of carbonyl (C=O) groups is 4. The van der Waals surface area contributed by atoms with E-state index in [4.69, 9.17) is 0 Å². The number of aliphatic carboxylic acids is 1. The van der Waals surface area contributed by atoms with Crippen molar-refractivity contribution in [1.29, 1.82) is 0 Å². The van der Waals surface area contributed by atoms with Crippen molar-refractivity contribution in [3.05, 3.63) is 65.7 Å². The van der Waals surface area contributed by atoms with Gasteiger partial charge in [0.1, 0.15) is 17.8 Å². The first-order valence-electron chi connectivity index (χ1n) is 11.5. The molecule has 3 amide bonds. The van der Waals surface area contributed by atoms with Crippen LogP contribution < -0.4 is 21.3 Å². The van der Waals surface area contributed by atoms with Gasteiger partial charge in [-0.2, -0.15) is 0 Å². The molecule has 1 saturated heterocycles. The largest absolute Gasteiger partial charge is 0.508 e. The summed E-state index contributed by atoms with van der Waals surface area (Å²) >= 11 is 0. The topological polar surface area (TPSA) is 157 Å². The van der Waals surface area contributed by atoms with Gasteiger partial charge in [0.05, 0.1) is 12.6 Å². The monoisotopic (exact) mass is 482 g/mol. The summed E-state index contributed by atoms with van der Waals surface area (Å²) in [6.45, 7) is 0.448. The van der Waals surface area contributed by atoms with Gasteiger partial charge in [-0.05, 0) is 42.6 Å². The lowest BCUT2D eigenvalue weighted by atomic mass is 10.0. The zero-order valence-electron chi connectivity index (χ0n) is 19.2. The van der Waals surface area contributed by atoms with Crippen molar-refractivity contribution in [3.8, 4) is 5.75 Å². The molecule has 0 aromatic heterocycles. The highest BCUT2D eigenvalue weighted by molar-refractivity contribution is 5.92. The SMILES string of the molecule is O=C(CNC(=O)C1CCCN1)NC(Cc1ccccc1)C(=O)NC(Cc1ccc(O)cc1)C(=O)O. The molecule has 6 N–H and O–H groups in total. The van der Waals surface area contributed by atoms with E-state index >= 15 is 0 Å². The number of hydrogen-bond donors (Lipinski definition) is 6. The lowest BCUT2D eigenvalue weighted by Crippen LogP contribution is -2.54. The number of rotatable bonds is 11. The fourth-order valence-corrected chi connectivity index (χ4v) is 3.84. The van der Waals surface area contributed by atoms with Crippen LogP contribution in [0.3, 0.4) is 0 Å². The Balaban J connectivity index is 1.65. The molecule has 35 heavy (non-hydrogen) atoms. The second-order valence-corrected chi connectivity index (χ2v) is 8.45. The maximum absolute atomic E-state index is 13.1.